The summed E-state index contributed by atoms with van der Waals surface area (Å²) in [4.78, 5) is 2.60. The first-order valence-corrected chi connectivity index (χ1v) is 6.83. The van der Waals surface area contributed by atoms with Crippen molar-refractivity contribution < 1.29 is 4.74 Å². The quantitative estimate of drug-likeness (QED) is 0.791. The number of piperidine rings is 1. The molecule has 3 nitrogen and oxygen atoms in total. The highest BCUT2D eigenvalue weighted by molar-refractivity contribution is 4.96. The zero-order chi connectivity index (χ0) is 11.4. The fourth-order valence-electron chi connectivity index (χ4n) is 3.24. The van der Waals surface area contributed by atoms with E-state index in [4.69, 9.17) is 10.5 Å². The molecule has 2 saturated heterocycles. The summed E-state index contributed by atoms with van der Waals surface area (Å²) in [6.07, 6.45) is 6.57. The van der Waals surface area contributed by atoms with E-state index in [1.807, 2.05) is 0 Å². The second-order valence-electron chi connectivity index (χ2n) is 5.45. The SMILES string of the molecule is CCCC1CCN(C2(CN)CCOC2)CC1. The molecule has 0 radical (unpaired) electrons. The van der Waals surface area contributed by atoms with Gasteiger partial charge in [-0.05, 0) is 38.3 Å². The van der Waals surface area contributed by atoms with Gasteiger partial charge in [-0.3, -0.25) is 4.90 Å². The molecule has 0 aromatic heterocycles. The summed E-state index contributed by atoms with van der Waals surface area (Å²) in [6, 6.07) is 0. The summed E-state index contributed by atoms with van der Waals surface area (Å²) in [5, 5.41) is 0. The number of ether oxygens (including phenoxy) is 1. The Morgan fingerprint density at radius 1 is 1.38 bits per heavy atom. The molecular weight excluding hydrogens is 200 g/mol. The molecule has 94 valence electrons. The minimum atomic E-state index is 0.178. The van der Waals surface area contributed by atoms with Gasteiger partial charge in [-0.15, -0.1) is 0 Å². The van der Waals surface area contributed by atoms with Gasteiger partial charge in [0.2, 0.25) is 0 Å². The number of rotatable bonds is 4. The topological polar surface area (TPSA) is 38.5 Å². The predicted molar refractivity (Wildman–Crippen MR) is 66.4 cm³/mol. The van der Waals surface area contributed by atoms with Crippen molar-refractivity contribution in [3.05, 3.63) is 0 Å². The Balaban J connectivity index is 1.87. The summed E-state index contributed by atoms with van der Waals surface area (Å²) >= 11 is 0. The fourth-order valence-corrected chi connectivity index (χ4v) is 3.24. The average molecular weight is 226 g/mol. The van der Waals surface area contributed by atoms with E-state index < -0.39 is 0 Å². The lowest BCUT2D eigenvalue weighted by Gasteiger charge is -2.43. The maximum atomic E-state index is 5.97. The number of nitrogens with zero attached hydrogens (tertiary/aromatic N) is 1. The van der Waals surface area contributed by atoms with E-state index in [1.165, 1.54) is 38.8 Å². The highest BCUT2D eigenvalue weighted by Crippen LogP contribution is 2.31. The number of hydrogen-bond donors (Lipinski definition) is 1. The molecule has 0 aromatic rings. The van der Waals surface area contributed by atoms with Crippen molar-refractivity contribution in [3.8, 4) is 0 Å². The standard InChI is InChI=1S/C13H26N2O/c1-2-3-12-4-7-15(8-5-12)13(10-14)6-9-16-11-13/h12H,2-11,14H2,1H3. The Kier molecular flexibility index (Phi) is 4.22. The highest BCUT2D eigenvalue weighted by atomic mass is 16.5. The first kappa shape index (κ1) is 12.3. The van der Waals surface area contributed by atoms with Crippen LogP contribution in [0, 0.1) is 5.92 Å². The van der Waals surface area contributed by atoms with Crippen molar-refractivity contribution >= 4 is 0 Å². The van der Waals surface area contributed by atoms with Gasteiger partial charge in [0, 0.05) is 13.2 Å². The van der Waals surface area contributed by atoms with Gasteiger partial charge in [0.1, 0.15) is 0 Å². The minimum Gasteiger partial charge on any atom is -0.379 e. The number of hydrogen-bond acceptors (Lipinski definition) is 3. The van der Waals surface area contributed by atoms with E-state index in [2.05, 4.69) is 11.8 Å². The normalized spacial score (nSPS) is 33.4. The molecule has 2 fully saturated rings. The lowest BCUT2D eigenvalue weighted by Crippen LogP contribution is -2.56. The first-order chi connectivity index (χ1) is 7.80. The van der Waals surface area contributed by atoms with Crippen molar-refractivity contribution in [1.82, 2.24) is 4.90 Å². The van der Waals surface area contributed by atoms with Crippen LogP contribution in [0.4, 0.5) is 0 Å². The molecule has 2 heterocycles. The molecule has 1 unspecified atom stereocenters. The summed E-state index contributed by atoms with van der Waals surface area (Å²) in [6.45, 7) is 7.24. The lowest BCUT2D eigenvalue weighted by molar-refractivity contribution is 0.0410. The summed E-state index contributed by atoms with van der Waals surface area (Å²) in [5.41, 5.74) is 6.15. The van der Waals surface area contributed by atoms with Crippen LogP contribution in [0.3, 0.4) is 0 Å². The molecule has 0 bridgehead atoms. The van der Waals surface area contributed by atoms with E-state index in [0.717, 1.165) is 32.1 Å². The molecule has 2 aliphatic rings. The fraction of sp³-hybridized carbons (Fsp3) is 1.00. The van der Waals surface area contributed by atoms with Crippen LogP contribution in [0.1, 0.15) is 39.0 Å². The molecular formula is C13H26N2O. The van der Waals surface area contributed by atoms with Crippen LogP contribution < -0.4 is 5.73 Å². The third-order valence-electron chi connectivity index (χ3n) is 4.44. The van der Waals surface area contributed by atoms with Crippen molar-refractivity contribution in [2.75, 3.05) is 32.8 Å². The van der Waals surface area contributed by atoms with Crippen molar-refractivity contribution in [3.63, 3.8) is 0 Å². The van der Waals surface area contributed by atoms with Gasteiger partial charge in [0.05, 0.1) is 12.1 Å². The first-order valence-electron chi connectivity index (χ1n) is 6.83. The zero-order valence-electron chi connectivity index (χ0n) is 10.6. The van der Waals surface area contributed by atoms with E-state index in [-0.39, 0.29) is 5.54 Å². The van der Waals surface area contributed by atoms with Crippen LogP contribution in [0.2, 0.25) is 0 Å². The second kappa shape index (κ2) is 5.48. The van der Waals surface area contributed by atoms with Crippen LogP contribution in [0.15, 0.2) is 0 Å². The van der Waals surface area contributed by atoms with Crippen LogP contribution in [-0.4, -0.2) is 43.3 Å². The molecule has 1 atom stereocenters. The predicted octanol–water partition coefficient (Wildman–Crippen LogP) is 1.62. The van der Waals surface area contributed by atoms with Gasteiger partial charge in [0.25, 0.3) is 0 Å². The molecule has 0 aliphatic carbocycles. The van der Waals surface area contributed by atoms with Crippen LogP contribution >= 0.6 is 0 Å². The monoisotopic (exact) mass is 226 g/mol. The molecule has 0 spiro atoms. The molecule has 0 amide bonds. The molecule has 2 N–H and O–H groups in total. The second-order valence-corrected chi connectivity index (χ2v) is 5.45. The van der Waals surface area contributed by atoms with Gasteiger partial charge in [-0.2, -0.15) is 0 Å². The highest BCUT2D eigenvalue weighted by Gasteiger charge is 2.40. The molecule has 2 rings (SSSR count). The molecule has 0 saturated carbocycles. The Morgan fingerprint density at radius 3 is 2.62 bits per heavy atom. The lowest BCUT2D eigenvalue weighted by atomic mass is 9.87. The third kappa shape index (κ3) is 2.41. The summed E-state index contributed by atoms with van der Waals surface area (Å²) < 4.78 is 5.56. The Hall–Kier alpha value is -0.120. The van der Waals surface area contributed by atoms with E-state index in [1.54, 1.807) is 0 Å². The maximum absolute atomic E-state index is 5.97. The molecule has 3 heteroatoms. The van der Waals surface area contributed by atoms with Gasteiger partial charge in [-0.25, -0.2) is 0 Å². The van der Waals surface area contributed by atoms with Gasteiger partial charge >= 0.3 is 0 Å². The van der Waals surface area contributed by atoms with Gasteiger partial charge < -0.3 is 10.5 Å². The summed E-state index contributed by atoms with van der Waals surface area (Å²) in [7, 11) is 0. The molecule has 16 heavy (non-hydrogen) atoms. The van der Waals surface area contributed by atoms with Crippen LogP contribution in [-0.2, 0) is 4.74 Å². The van der Waals surface area contributed by atoms with Crippen molar-refractivity contribution in [2.24, 2.45) is 11.7 Å². The van der Waals surface area contributed by atoms with Gasteiger partial charge in [-0.1, -0.05) is 19.8 Å². The average Bonchev–Trinajstić information content (AvgIpc) is 2.80. The number of nitrogens with two attached hydrogens (primary N) is 1. The van der Waals surface area contributed by atoms with Gasteiger partial charge in [0.15, 0.2) is 0 Å². The summed E-state index contributed by atoms with van der Waals surface area (Å²) in [5.74, 6) is 0.957. The minimum absolute atomic E-state index is 0.178. The van der Waals surface area contributed by atoms with E-state index in [9.17, 15) is 0 Å². The van der Waals surface area contributed by atoms with Crippen molar-refractivity contribution in [1.29, 1.82) is 0 Å². The zero-order valence-corrected chi connectivity index (χ0v) is 10.6. The van der Waals surface area contributed by atoms with E-state index in [0.29, 0.717) is 0 Å². The van der Waals surface area contributed by atoms with E-state index >= 15 is 0 Å². The number of likely N-dealkylation sites (tertiary alicyclic amines) is 1. The maximum Gasteiger partial charge on any atom is 0.0663 e. The largest absolute Gasteiger partial charge is 0.379 e. The molecule has 0 aromatic carbocycles. The van der Waals surface area contributed by atoms with Crippen LogP contribution in [0.5, 0.6) is 0 Å². The third-order valence-corrected chi connectivity index (χ3v) is 4.44. The Bertz CT molecular complexity index is 206. The van der Waals surface area contributed by atoms with Crippen LogP contribution in [0.25, 0.3) is 0 Å². The van der Waals surface area contributed by atoms with Crippen molar-refractivity contribution in [2.45, 2.75) is 44.6 Å². The molecule has 2 aliphatic heterocycles. The Labute approximate surface area is 99.3 Å². The Morgan fingerprint density at radius 2 is 2.12 bits per heavy atom. The smallest absolute Gasteiger partial charge is 0.0663 e.